The highest BCUT2D eigenvalue weighted by Crippen LogP contribution is 2.16. The zero-order valence-electron chi connectivity index (χ0n) is 13.2. The van der Waals surface area contributed by atoms with Gasteiger partial charge in [0.25, 0.3) is 0 Å². The van der Waals surface area contributed by atoms with Gasteiger partial charge in [-0.15, -0.1) is 0 Å². The van der Waals surface area contributed by atoms with E-state index in [4.69, 9.17) is 0 Å². The van der Waals surface area contributed by atoms with E-state index in [0.29, 0.717) is 0 Å². The molecule has 0 atom stereocenters. The molecule has 23 heavy (non-hydrogen) atoms. The van der Waals surface area contributed by atoms with E-state index < -0.39 is 0 Å². The molecule has 0 saturated heterocycles. The van der Waals surface area contributed by atoms with Crippen LogP contribution in [-0.4, -0.2) is 18.4 Å². The van der Waals surface area contributed by atoms with Gasteiger partial charge >= 0.3 is 0 Å². The normalized spacial score (nSPS) is 10.2. The molecule has 2 rings (SSSR count). The number of halogens is 1. The second-order valence-corrected chi connectivity index (χ2v) is 6.32. The summed E-state index contributed by atoms with van der Waals surface area (Å²) in [4.78, 5) is 23.8. The van der Waals surface area contributed by atoms with E-state index in [1.54, 1.807) is 0 Å². The van der Waals surface area contributed by atoms with Gasteiger partial charge in [-0.1, -0.05) is 40.2 Å². The topological polar surface area (TPSA) is 58.2 Å². The van der Waals surface area contributed by atoms with Crippen LogP contribution in [-0.2, 0) is 16.0 Å². The summed E-state index contributed by atoms with van der Waals surface area (Å²) < 4.78 is 0.884. The molecule has 0 fully saturated rings. The number of benzene rings is 2. The van der Waals surface area contributed by atoms with Crippen LogP contribution in [0.4, 0.5) is 5.69 Å². The summed E-state index contributed by atoms with van der Waals surface area (Å²) in [5, 5.41) is 5.43. The molecule has 0 bridgehead atoms. The molecule has 2 amide bonds. The number of amides is 2. The van der Waals surface area contributed by atoms with Gasteiger partial charge in [0, 0.05) is 10.2 Å². The lowest BCUT2D eigenvalue weighted by molar-refractivity contribution is -0.123. The summed E-state index contributed by atoms with van der Waals surface area (Å²) in [5.74, 6) is -0.428. The average Bonchev–Trinajstić information content (AvgIpc) is 2.46. The highest BCUT2D eigenvalue weighted by atomic mass is 79.9. The molecule has 0 saturated carbocycles. The predicted octanol–water partition coefficient (Wildman–Crippen LogP) is 3.36. The van der Waals surface area contributed by atoms with Crippen LogP contribution in [0.2, 0.25) is 0 Å². The molecule has 0 aliphatic carbocycles. The highest BCUT2D eigenvalue weighted by molar-refractivity contribution is 9.10. The molecule has 0 aliphatic rings. The van der Waals surface area contributed by atoms with Gasteiger partial charge < -0.3 is 10.6 Å². The fourth-order valence-corrected chi connectivity index (χ4v) is 2.73. The Morgan fingerprint density at radius 1 is 1.00 bits per heavy atom. The minimum Gasteiger partial charge on any atom is -0.347 e. The third kappa shape index (κ3) is 5.53. The SMILES string of the molecule is Cc1cc(C)cc(NC(=O)CNC(=O)Cc2ccccc2Br)c1. The van der Waals surface area contributed by atoms with E-state index in [1.807, 2.05) is 56.3 Å². The lowest BCUT2D eigenvalue weighted by Gasteiger charge is -2.09. The maximum Gasteiger partial charge on any atom is 0.243 e. The smallest absolute Gasteiger partial charge is 0.243 e. The number of rotatable bonds is 5. The van der Waals surface area contributed by atoms with Crippen molar-refractivity contribution in [3.63, 3.8) is 0 Å². The maximum absolute atomic E-state index is 11.9. The minimum atomic E-state index is -0.240. The van der Waals surface area contributed by atoms with Crippen molar-refractivity contribution in [2.45, 2.75) is 20.3 Å². The van der Waals surface area contributed by atoms with E-state index in [0.717, 1.165) is 26.9 Å². The zero-order chi connectivity index (χ0) is 16.8. The first-order chi connectivity index (χ1) is 10.9. The highest BCUT2D eigenvalue weighted by Gasteiger charge is 2.09. The van der Waals surface area contributed by atoms with Gasteiger partial charge in [-0.05, 0) is 48.7 Å². The van der Waals surface area contributed by atoms with Crippen LogP contribution < -0.4 is 10.6 Å². The van der Waals surface area contributed by atoms with E-state index in [9.17, 15) is 9.59 Å². The fourth-order valence-electron chi connectivity index (χ4n) is 2.31. The molecule has 0 radical (unpaired) electrons. The van der Waals surface area contributed by atoms with E-state index >= 15 is 0 Å². The van der Waals surface area contributed by atoms with Crippen LogP contribution in [0.3, 0.4) is 0 Å². The predicted molar refractivity (Wildman–Crippen MR) is 95.4 cm³/mol. The number of aryl methyl sites for hydroxylation is 2. The van der Waals surface area contributed by atoms with Gasteiger partial charge in [-0.2, -0.15) is 0 Å². The molecule has 120 valence electrons. The molecular formula is C18H19BrN2O2. The molecule has 0 heterocycles. The van der Waals surface area contributed by atoms with Gasteiger partial charge in [-0.3, -0.25) is 9.59 Å². The molecule has 2 N–H and O–H groups in total. The van der Waals surface area contributed by atoms with Crippen molar-refractivity contribution >= 4 is 33.4 Å². The number of carbonyl (C=O) groups excluding carboxylic acids is 2. The fraction of sp³-hybridized carbons (Fsp3) is 0.222. The average molecular weight is 375 g/mol. The second kappa shape index (κ2) is 7.92. The molecule has 4 nitrogen and oxygen atoms in total. The Hall–Kier alpha value is -2.14. The van der Waals surface area contributed by atoms with Gasteiger partial charge in [0.2, 0.25) is 11.8 Å². The lowest BCUT2D eigenvalue weighted by Crippen LogP contribution is -2.33. The first-order valence-corrected chi connectivity index (χ1v) is 8.11. The second-order valence-electron chi connectivity index (χ2n) is 5.47. The summed E-state index contributed by atoms with van der Waals surface area (Å²) in [7, 11) is 0. The number of anilines is 1. The summed E-state index contributed by atoms with van der Waals surface area (Å²) in [5.41, 5.74) is 3.80. The van der Waals surface area contributed by atoms with Crippen molar-refractivity contribution in [2.24, 2.45) is 0 Å². The third-order valence-electron chi connectivity index (χ3n) is 3.26. The molecule has 0 unspecified atom stereocenters. The van der Waals surface area contributed by atoms with Crippen LogP contribution in [0.25, 0.3) is 0 Å². The number of hydrogen-bond acceptors (Lipinski definition) is 2. The number of nitrogens with one attached hydrogen (secondary N) is 2. The van der Waals surface area contributed by atoms with Gasteiger partial charge in [0.1, 0.15) is 0 Å². The van der Waals surface area contributed by atoms with Crippen molar-refractivity contribution in [1.82, 2.24) is 5.32 Å². The van der Waals surface area contributed by atoms with Crippen molar-refractivity contribution in [2.75, 3.05) is 11.9 Å². The molecular weight excluding hydrogens is 356 g/mol. The molecule has 0 aliphatic heterocycles. The van der Waals surface area contributed by atoms with Crippen molar-refractivity contribution in [1.29, 1.82) is 0 Å². The summed E-state index contributed by atoms with van der Waals surface area (Å²) in [6.45, 7) is 3.90. The van der Waals surface area contributed by atoms with E-state index in [2.05, 4.69) is 26.6 Å². The Labute approximate surface area is 144 Å². The maximum atomic E-state index is 11.9. The number of carbonyl (C=O) groups is 2. The minimum absolute atomic E-state index is 0.0454. The van der Waals surface area contributed by atoms with Crippen molar-refractivity contribution in [3.05, 3.63) is 63.6 Å². The molecule has 0 spiro atoms. The monoisotopic (exact) mass is 374 g/mol. The third-order valence-corrected chi connectivity index (χ3v) is 4.03. The van der Waals surface area contributed by atoms with E-state index in [-0.39, 0.29) is 24.8 Å². The Balaban J connectivity index is 1.84. The quantitative estimate of drug-likeness (QED) is 0.842. The van der Waals surface area contributed by atoms with Crippen LogP contribution >= 0.6 is 15.9 Å². The molecule has 2 aromatic carbocycles. The first-order valence-electron chi connectivity index (χ1n) is 7.32. The van der Waals surface area contributed by atoms with E-state index in [1.165, 1.54) is 0 Å². The Bertz CT molecular complexity index is 708. The number of hydrogen-bond donors (Lipinski definition) is 2. The molecule has 0 aromatic heterocycles. The van der Waals surface area contributed by atoms with Crippen LogP contribution in [0.5, 0.6) is 0 Å². The zero-order valence-corrected chi connectivity index (χ0v) is 14.7. The molecule has 2 aromatic rings. The van der Waals surface area contributed by atoms with Crippen molar-refractivity contribution in [3.8, 4) is 0 Å². The van der Waals surface area contributed by atoms with Gasteiger partial charge in [-0.25, -0.2) is 0 Å². The Kier molecular flexibility index (Phi) is 5.93. The Morgan fingerprint density at radius 3 is 2.30 bits per heavy atom. The van der Waals surface area contributed by atoms with Crippen LogP contribution in [0.1, 0.15) is 16.7 Å². The summed E-state index contributed by atoms with van der Waals surface area (Å²) in [6, 6.07) is 13.4. The largest absolute Gasteiger partial charge is 0.347 e. The summed E-state index contributed by atoms with van der Waals surface area (Å²) >= 11 is 3.40. The van der Waals surface area contributed by atoms with Crippen molar-refractivity contribution < 1.29 is 9.59 Å². The van der Waals surface area contributed by atoms with Gasteiger partial charge in [0.15, 0.2) is 0 Å². The Morgan fingerprint density at radius 2 is 1.65 bits per heavy atom. The lowest BCUT2D eigenvalue weighted by atomic mass is 10.1. The summed E-state index contributed by atoms with van der Waals surface area (Å²) in [6.07, 6.45) is 0.234. The standard InChI is InChI=1S/C18H19BrN2O2/c1-12-7-13(2)9-15(8-12)21-18(23)11-20-17(22)10-14-5-3-4-6-16(14)19/h3-9H,10-11H2,1-2H3,(H,20,22)(H,21,23). The first kappa shape index (κ1) is 17.2. The van der Waals surface area contributed by atoms with Gasteiger partial charge in [0.05, 0.1) is 13.0 Å². The molecule has 5 heteroatoms. The van der Waals surface area contributed by atoms with Crippen LogP contribution in [0, 0.1) is 13.8 Å². The van der Waals surface area contributed by atoms with Crippen LogP contribution in [0.15, 0.2) is 46.9 Å².